The van der Waals surface area contributed by atoms with Crippen LogP contribution < -0.4 is 9.47 Å². The number of methoxy groups -OCH3 is 1. The third kappa shape index (κ3) is 5.56. The normalized spacial score (nSPS) is 19.2. The average Bonchev–Trinajstić information content (AvgIpc) is 3.45. The van der Waals surface area contributed by atoms with Crippen molar-refractivity contribution in [1.29, 1.82) is 5.26 Å². The highest BCUT2D eigenvalue weighted by Crippen LogP contribution is 2.40. The van der Waals surface area contributed by atoms with Gasteiger partial charge in [0.15, 0.2) is 5.78 Å². The molecule has 4 aromatic rings. The van der Waals surface area contributed by atoms with Crippen LogP contribution in [0.15, 0.2) is 76.7 Å². The van der Waals surface area contributed by atoms with Crippen LogP contribution in [0, 0.1) is 11.3 Å². The molecular weight excluding hydrogens is 530 g/mol. The van der Waals surface area contributed by atoms with E-state index >= 15 is 0 Å². The summed E-state index contributed by atoms with van der Waals surface area (Å²) in [5.41, 5.74) is 3.84. The highest BCUT2D eigenvalue weighted by molar-refractivity contribution is 6.09. The van der Waals surface area contributed by atoms with Gasteiger partial charge in [-0.05, 0) is 61.2 Å². The van der Waals surface area contributed by atoms with Gasteiger partial charge in [-0.1, -0.05) is 36.4 Å². The van der Waals surface area contributed by atoms with Gasteiger partial charge >= 0.3 is 0 Å². The summed E-state index contributed by atoms with van der Waals surface area (Å²) in [6.45, 7) is 3.10. The van der Waals surface area contributed by atoms with E-state index in [1.807, 2.05) is 54.6 Å². The molecule has 7 nitrogen and oxygen atoms in total. The maximum absolute atomic E-state index is 13.2. The first-order valence-corrected chi connectivity index (χ1v) is 14.3. The van der Waals surface area contributed by atoms with Crippen molar-refractivity contribution in [3.8, 4) is 40.0 Å². The van der Waals surface area contributed by atoms with Gasteiger partial charge in [-0.25, -0.2) is 0 Å². The summed E-state index contributed by atoms with van der Waals surface area (Å²) >= 11 is 0. The summed E-state index contributed by atoms with van der Waals surface area (Å²) in [6, 6.07) is 21.1. The molecule has 1 N–H and O–H groups in total. The van der Waals surface area contributed by atoms with Crippen LogP contribution in [0.5, 0.6) is 11.5 Å². The number of carbonyl (C=O) groups is 1. The van der Waals surface area contributed by atoms with Crippen molar-refractivity contribution < 1.29 is 28.5 Å². The molecule has 214 valence electrons. The largest absolute Gasteiger partial charge is 0.496 e. The number of ether oxygens (including phenoxy) is 3. The monoisotopic (exact) mass is 563 g/mol. The summed E-state index contributed by atoms with van der Waals surface area (Å²) < 4.78 is 23.7. The lowest BCUT2D eigenvalue weighted by Gasteiger charge is -2.27. The maximum Gasteiger partial charge on any atom is 0.188 e. The second kappa shape index (κ2) is 11.5. The number of benzene rings is 3. The Morgan fingerprint density at radius 3 is 2.64 bits per heavy atom. The first-order valence-electron chi connectivity index (χ1n) is 14.3. The van der Waals surface area contributed by atoms with Crippen LogP contribution in [0.1, 0.15) is 54.9 Å². The van der Waals surface area contributed by atoms with Gasteiger partial charge < -0.3 is 23.7 Å². The van der Waals surface area contributed by atoms with Crippen LogP contribution in [0.3, 0.4) is 0 Å². The van der Waals surface area contributed by atoms with E-state index < -0.39 is 5.60 Å². The van der Waals surface area contributed by atoms with E-state index in [1.54, 1.807) is 26.2 Å². The van der Waals surface area contributed by atoms with Crippen molar-refractivity contribution in [2.75, 3.05) is 20.3 Å². The van der Waals surface area contributed by atoms with Gasteiger partial charge in [-0.15, -0.1) is 0 Å². The Balaban J connectivity index is 1.31. The van der Waals surface area contributed by atoms with E-state index in [0.29, 0.717) is 72.0 Å². The van der Waals surface area contributed by atoms with E-state index in [-0.39, 0.29) is 11.9 Å². The van der Waals surface area contributed by atoms with E-state index in [1.165, 1.54) is 0 Å². The van der Waals surface area contributed by atoms with E-state index in [0.717, 1.165) is 34.9 Å². The number of nitrogens with zero attached hydrogens (tertiary/aromatic N) is 1. The number of carbonyl (C=O) groups excluding carboxylic acids is 1. The van der Waals surface area contributed by atoms with Gasteiger partial charge in [0.1, 0.15) is 35.0 Å². The molecule has 0 saturated carbocycles. The fourth-order valence-corrected chi connectivity index (χ4v) is 5.81. The fourth-order valence-electron chi connectivity index (χ4n) is 5.81. The van der Waals surface area contributed by atoms with Gasteiger partial charge in [-0.3, -0.25) is 4.79 Å². The summed E-state index contributed by atoms with van der Waals surface area (Å²) in [6.07, 6.45) is 5.22. The molecule has 2 heterocycles. The zero-order valence-electron chi connectivity index (χ0n) is 23.8. The zero-order chi connectivity index (χ0) is 29.3. The number of para-hydroxylation sites is 1. The van der Waals surface area contributed by atoms with Crippen molar-refractivity contribution in [2.24, 2.45) is 0 Å². The van der Waals surface area contributed by atoms with Crippen molar-refractivity contribution >= 4 is 16.8 Å². The Bertz CT molecular complexity index is 1720. The third-order valence-electron chi connectivity index (χ3n) is 8.08. The Morgan fingerprint density at radius 2 is 1.88 bits per heavy atom. The number of nitriles is 1. The van der Waals surface area contributed by atoms with Crippen LogP contribution in [0.25, 0.3) is 33.4 Å². The number of ketones is 1. The molecule has 1 aromatic heterocycles. The fraction of sp³-hybridized carbons (Fsp3) is 0.314. The minimum atomic E-state index is -0.873. The average molecular weight is 564 g/mol. The topological polar surface area (TPSA) is 102 Å². The predicted molar refractivity (Wildman–Crippen MR) is 160 cm³/mol. The minimum absolute atomic E-state index is 0.0405. The highest BCUT2D eigenvalue weighted by atomic mass is 16.5. The lowest BCUT2D eigenvalue weighted by Crippen LogP contribution is -2.29. The van der Waals surface area contributed by atoms with Crippen molar-refractivity contribution in [2.45, 2.75) is 50.7 Å². The number of rotatable bonds is 7. The van der Waals surface area contributed by atoms with Crippen LogP contribution in [-0.4, -0.2) is 42.9 Å². The molecule has 6 rings (SSSR count). The standard InChI is InChI=1S/C35H33NO6/c1-35(38)14-4-6-25(20-35)33(37)23-8-10-29(31(18-23)39-2)32-19-24-5-3-7-28(34(24)42-32)22-9-11-30(26(17-22)21-36)41-27-12-15-40-16-13-27/h3,5-11,17-19,27,38H,4,12-16,20H2,1-2H3. The first-order chi connectivity index (χ1) is 20.3. The quantitative estimate of drug-likeness (QED) is 0.236. The molecule has 1 unspecified atom stereocenters. The molecule has 42 heavy (non-hydrogen) atoms. The van der Waals surface area contributed by atoms with Gasteiger partial charge in [0.05, 0.1) is 37.1 Å². The molecule has 3 aromatic carbocycles. The number of Topliss-reactive ketones (excluding diaryl/α,β-unsaturated/α-hetero) is 1. The Kier molecular flexibility index (Phi) is 7.59. The lowest BCUT2D eigenvalue weighted by atomic mass is 9.83. The molecule has 0 radical (unpaired) electrons. The van der Waals surface area contributed by atoms with Crippen molar-refractivity contribution in [3.05, 3.63) is 83.4 Å². The second-order valence-corrected chi connectivity index (χ2v) is 11.3. The summed E-state index contributed by atoms with van der Waals surface area (Å²) in [7, 11) is 1.57. The van der Waals surface area contributed by atoms with E-state index in [4.69, 9.17) is 18.6 Å². The molecule has 1 atom stereocenters. The Labute approximate surface area is 244 Å². The van der Waals surface area contributed by atoms with Crippen LogP contribution in [0.4, 0.5) is 0 Å². The number of aliphatic hydroxyl groups is 1. The van der Waals surface area contributed by atoms with Crippen molar-refractivity contribution in [3.63, 3.8) is 0 Å². The molecular formula is C35H33NO6. The molecule has 0 amide bonds. The first kappa shape index (κ1) is 27.8. The Hall–Kier alpha value is -4.38. The number of fused-ring (bicyclic) bond motifs is 1. The predicted octanol–water partition coefficient (Wildman–Crippen LogP) is 7.25. The molecule has 7 heteroatoms. The van der Waals surface area contributed by atoms with Crippen molar-refractivity contribution in [1.82, 2.24) is 0 Å². The molecule has 0 spiro atoms. The lowest BCUT2D eigenvalue weighted by molar-refractivity contribution is 0.0254. The van der Waals surface area contributed by atoms with Crippen LogP contribution in [0.2, 0.25) is 0 Å². The number of hydrogen-bond donors (Lipinski definition) is 1. The number of allylic oxidation sites excluding steroid dienone is 1. The van der Waals surface area contributed by atoms with E-state index in [2.05, 4.69) is 6.07 Å². The third-order valence-corrected chi connectivity index (χ3v) is 8.08. The SMILES string of the molecule is COc1cc(C(=O)C2=CCCC(C)(O)C2)ccc1-c1cc2cccc(-c3ccc(OC4CCOCC4)c(C#N)c3)c2o1. The zero-order valence-corrected chi connectivity index (χ0v) is 23.8. The van der Waals surface area contributed by atoms with Crippen LogP contribution in [-0.2, 0) is 4.74 Å². The Morgan fingerprint density at radius 1 is 1.05 bits per heavy atom. The number of hydrogen-bond acceptors (Lipinski definition) is 7. The molecule has 1 aliphatic carbocycles. The number of furan rings is 1. The van der Waals surface area contributed by atoms with Gasteiger partial charge in [0, 0.05) is 35.8 Å². The molecule has 1 saturated heterocycles. The van der Waals surface area contributed by atoms with Gasteiger partial charge in [0.2, 0.25) is 0 Å². The summed E-state index contributed by atoms with van der Waals surface area (Å²) in [4.78, 5) is 13.2. The molecule has 1 aliphatic heterocycles. The summed E-state index contributed by atoms with van der Waals surface area (Å²) in [5, 5.41) is 21.2. The highest BCUT2D eigenvalue weighted by Gasteiger charge is 2.29. The molecule has 0 bridgehead atoms. The van der Waals surface area contributed by atoms with E-state index in [9.17, 15) is 15.2 Å². The molecule has 1 fully saturated rings. The summed E-state index contributed by atoms with van der Waals surface area (Å²) in [5.74, 6) is 1.59. The van der Waals surface area contributed by atoms with Gasteiger partial charge in [-0.2, -0.15) is 5.26 Å². The maximum atomic E-state index is 13.2. The van der Waals surface area contributed by atoms with Crippen LogP contribution >= 0.6 is 0 Å². The molecule has 2 aliphatic rings. The smallest absolute Gasteiger partial charge is 0.188 e. The second-order valence-electron chi connectivity index (χ2n) is 11.3. The minimum Gasteiger partial charge on any atom is -0.496 e. The van der Waals surface area contributed by atoms with Gasteiger partial charge in [0.25, 0.3) is 0 Å².